The van der Waals surface area contributed by atoms with Crippen molar-refractivity contribution in [2.45, 2.75) is 116 Å². The molecule has 3 nitrogen and oxygen atoms in total. The van der Waals surface area contributed by atoms with E-state index in [9.17, 15) is 4.79 Å². The number of hydrogen-bond donors (Lipinski definition) is 0. The van der Waals surface area contributed by atoms with E-state index in [1.165, 1.54) is 0 Å². The summed E-state index contributed by atoms with van der Waals surface area (Å²) < 4.78 is 13.8. The first kappa shape index (κ1) is 27.0. The lowest BCUT2D eigenvalue weighted by Crippen LogP contribution is -2.51. The third-order valence-electron chi connectivity index (χ3n) is 7.04. The zero-order chi connectivity index (χ0) is 23.4. The van der Waals surface area contributed by atoms with Crippen molar-refractivity contribution in [1.29, 1.82) is 0 Å². The van der Waals surface area contributed by atoms with Crippen LogP contribution in [0.1, 0.15) is 93.4 Å². The first-order chi connectivity index (χ1) is 13.7. The molecule has 0 aliphatic carbocycles. The van der Waals surface area contributed by atoms with Gasteiger partial charge in [-0.3, -0.25) is 4.79 Å². The molecule has 0 bridgehead atoms. The van der Waals surface area contributed by atoms with Crippen molar-refractivity contribution in [2.75, 3.05) is 0 Å². The molecule has 0 saturated heterocycles. The van der Waals surface area contributed by atoms with Gasteiger partial charge in [0.1, 0.15) is 17.8 Å². The lowest BCUT2D eigenvalue weighted by molar-refractivity contribution is 0.112. The molecule has 0 aliphatic rings. The maximum Gasteiger partial charge on any atom is 0.258 e. The standard InChI is InChI=1S/C25H46O3Si2/c1-17(2)29(18(3)4,19(5)6)27-24-13-23(16-26)14-25(15-24)28-30(20(7)8,21(9)10)22(11)12/h13-22H,1-12H3. The Balaban J connectivity index is 3.54. The van der Waals surface area contributed by atoms with Crippen LogP contribution < -0.4 is 8.85 Å². The van der Waals surface area contributed by atoms with Crippen LogP contribution in [0.25, 0.3) is 0 Å². The summed E-state index contributed by atoms with van der Waals surface area (Å²) in [4.78, 5) is 11.8. The third kappa shape index (κ3) is 5.21. The average molecular weight is 451 g/mol. The molecule has 0 N–H and O–H groups in total. The Kier molecular flexibility index (Phi) is 9.43. The molecule has 172 valence electrons. The predicted octanol–water partition coefficient (Wildman–Crippen LogP) is 8.61. The van der Waals surface area contributed by atoms with E-state index < -0.39 is 16.6 Å². The van der Waals surface area contributed by atoms with Gasteiger partial charge in [0.05, 0.1) is 0 Å². The highest BCUT2D eigenvalue weighted by molar-refractivity contribution is 6.78. The van der Waals surface area contributed by atoms with Crippen LogP contribution >= 0.6 is 0 Å². The Bertz CT molecular complexity index is 598. The minimum absolute atomic E-state index is 0.470. The van der Waals surface area contributed by atoms with E-state index in [4.69, 9.17) is 8.85 Å². The van der Waals surface area contributed by atoms with Crippen molar-refractivity contribution in [3.05, 3.63) is 23.8 Å². The third-order valence-corrected chi connectivity index (χ3v) is 19.0. The van der Waals surface area contributed by atoms with E-state index >= 15 is 0 Å². The molecule has 0 atom stereocenters. The molecule has 0 saturated carbocycles. The molecule has 0 unspecified atom stereocenters. The molecular weight excluding hydrogens is 404 g/mol. The molecule has 1 aromatic rings. The minimum atomic E-state index is -2.11. The van der Waals surface area contributed by atoms with Gasteiger partial charge in [-0.25, -0.2) is 0 Å². The van der Waals surface area contributed by atoms with Crippen molar-refractivity contribution < 1.29 is 13.6 Å². The summed E-state index contributed by atoms with van der Waals surface area (Å²) in [5.74, 6) is 1.58. The summed E-state index contributed by atoms with van der Waals surface area (Å²) in [5, 5.41) is 0. The zero-order valence-corrected chi connectivity index (χ0v) is 23.5. The van der Waals surface area contributed by atoms with Gasteiger partial charge in [0.2, 0.25) is 0 Å². The lowest BCUT2D eigenvalue weighted by atomic mass is 10.2. The fraction of sp³-hybridized carbons (Fsp3) is 0.720. The highest BCUT2D eigenvalue weighted by atomic mass is 28.4. The molecule has 1 aromatic carbocycles. The zero-order valence-electron chi connectivity index (χ0n) is 21.5. The van der Waals surface area contributed by atoms with E-state index in [1.807, 2.05) is 18.2 Å². The number of carbonyl (C=O) groups excluding carboxylic acids is 1. The van der Waals surface area contributed by atoms with Gasteiger partial charge in [0.15, 0.2) is 0 Å². The van der Waals surface area contributed by atoms with Crippen LogP contribution in [-0.4, -0.2) is 22.9 Å². The summed E-state index contributed by atoms with van der Waals surface area (Å²) in [7, 11) is -4.22. The van der Waals surface area contributed by atoms with E-state index in [1.54, 1.807) is 0 Å². The van der Waals surface area contributed by atoms with Gasteiger partial charge in [-0.15, -0.1) is 0 Å². The van der Waals surface area contributed by atoms with Gasteiger partial charge in [-0.1, -0.05) is 83.1 Å². The van der Waals surface area contributed by atoms with Crippen LogP contribution in [0.2, 0.25) is 33.2 Å². The fourth-order valence-electron chi connectivity index (χ4n) is 5.89. The van der Waals surface area contributed by atoms with Crippen molar-refractivity contribution in [2.24, 2.45) is 0 Å². The van der Waals surface area contributed by atoms with Crippen LogP contribution in [0.15, 0.2) is 18.2 Å². The summed E-state index contributed by atoms with van der Waals surface area (Å²) in [6, 6.07) is 5.81. The Labute approximate surface area is 188 Å². The van der Waals surface area contributed by atoms with Crippen molar-refractivity contribution in [3.8, 4) is 11.5 Å². The van der Waals surface area contributed by atoms with Crippen LogP contribution in [0.4, 0.5) is 0 Å². The number of rotatable bonds is 11. The Hall–Kier alpha value is -1.08. The van der Waals surface area contributed by atoms with Crippen LogP contribution in [-0.2, 0) is 0 Å². The number of carbonyl (C=O) groups is 1. The normalized spacial score (nSPS) is 13.3. The second-order valence-electron chi connectivity index (χ2n) is 10.7. The number of benzene rings is 1. The molecule has 0 aromatic heterocycles. The van der Waals surface area contributed by atoms with Gasteiger partial charge in [0, 0.05) is 11.6 Å². The van der Waals surface area contributed by atoms with Gasteiger partial charge >= 0.3 is 0 Å². The van der Waals surface area contributed by atoms with E-state index in [0.29, 0.717) is 38.8 Å². The van der Waals surface area contributed by atoms with Crippen LogP contribution in [0.5, 0.6) is 11.5 Å². The summed E-state index contributed by atoms with van der Waals surface area (Å²) in [6.45, 7) is 27.4. The number of aldehydes is 1. The quantitative estimate of drug-likeness (QED) is 0.250. The Morgan fingerprint density at radius 3 is 1.03 bits per heavy atom. The van der Waals surface area contributed by atoms with E-state index in [0.717, 1.165) is 17.8 Å². The SMILES string of the molecule is CC(C)[Si](Oc1cc(C=O)cc(O[Si](C(C)C)(C(C)C)C(C)C)c1)(C(C)C)C(C)C. The molecule has 0 spiro atoms. The molecule has 0 amide bonds. The minimum Gasteiger partial charge on any atom is -0.543 e. The van der Waals surface area contributed by atoms with Crippen LogP contribution in [0.3, 0.4) is 0 Å². The topological polar surface area (TPSA) is 35.5 Å². The van der Waals surface area contributed by atoms with Gasteiger partial charge < -0.3 is 8.85 Å². The summed E-state index contributed by atoms with van der Waals surface area (Å²) >= 11 is 0. The molecule has 30 heavy (non-hydrogen) atoms. The van der Waals surface area contributed by atoms with Gasteiger partial charge in [-0.2, -0.15) is 0 Å². The number of hydrogen-bond acceptors (Lipinski definition) is 3. The lowest BCUT2D eigenvalue weighted by Gasteiger charge is -2.43. The molecular formula is C25H46O3Si2. The average Bonchev–Trinajstić information content (AvgIpc) is 2.61. The van der Waals surface area contributed by atoms with E-state index in [2.05, 4.69) is 83.1 Å². The van der Waals surface area contributed by atoms with E-state index in [-0.39, 0.29) is 0 Å². The van der Waals surface area contributed by atoms with Gasteiger partial charge in [-0.05, 0) is 45.4 Å². The van der Waals surface area contributed by atoms with Crippen LogP contribution in [0, 0.1) is 0 Å². The largest absolute Gasteiger partial charge is 0.543 e. The summed E-state index contributed by atoms with van der Waals surface area (Å²) in [6.07, 6.45) is 0.909. The van der Waals surface area contributed by atoms with Gasteiger partial charge in [0.25, 0.3) is 16.6 Å². The summed E-state index contributed by atoms with van der Waals surface area (Å²) in [5.41, 5.74) is 3.44. The van der Waals surface area contributed by atoms with Crippen molar-refractivity contribution in [3.63, 3.8) is 0 Å². The molecule has 1 rings (SSSR count). The molecule has 0 radical (unpaired) electrons. The maximum absolute atomic E-state index is 11.8. The molecule has 0 heterocycles. The Morgan fingerprint density at radius 2 is 0.833 bits per heavy atom. The fourth-order valence-corrected chi connectivity index (χ4v) is 16.4. The predicted molar refractivity (Wildman–Crippen MR) is 135 cm³/mol. The second kappa shape index (κ2) is 10.5. The maximum atomic E-state index is 11.8. The Morgan fingerprint density at radius 1 is 0.567 bits per heavy atom. The van der Waals surface area contributed by atoms with Crippen molar-refractivity contribution in [1.82, 2.24) is 0 Å². The molecule has 0 aliphatic heterocycles. The monoisotopic (exact) mass is 450 g/mol. The van der Waals surface area contributed by atoms with Crippen molar-refractivity contribution >= 4 is 22.9 Å². The second-order valence-corrected chi connectivity index (χ2v) is 21.4. The molecule has 0 fully saturated rings. The highest BCUT2D eigenvalue weighted by Crippen LogP contribution is 2.45. The first-order valence-corrected chi connectivity index (χ1v) is 16.0. The smallest absolute Gasteiger partial charge is 0.258 e. The highest BCUT2D eigenvalue weighted by Gasteiger charge is 2.48. The first-order valence-electron chi connectivity index (χ1n) is 11.7. The molecule has 5 heteroatoms.